The van der Waals surface area contributed by atoms with Crippen molar-refractivity contribution >= 4 is 0 Å². The van der Waals surface area contributed by atoms with E-state index in [4.69, 9.17) is 4.74 Å². The van der Waals surface area contributed by atoms with Gasteiger partial charge in [0.2, 0.25) is 0 Å². The van der Waals surface area contributed by atoms with E-state index in [2.05, 4.69) is 10.3 Å². The van der Waals surface area contributed by atoms with Crippen molar-refractivity contribution in [3.05, 3.63) is 18.2 Å². The number of alkyl halides is 2. The fourth-order valence-electron chi connectivity index (χ4n) is 1.59. The van der Waals surface area contributed by atoms with Crippen LogP contribution in [0.15, 0.2) is 12.4 Å². The summed E-state index contributed by atoms with van der Waals surface area (Å²) in [6.45, 7) is -0.786. The minimum Gasteiger partial charge on any atom is -0.380 e. The van der Waals surface area contributed by atoms with Gasteiger partial charge in [0, 0.05) is 25.0 Å². The Kier molecular flexibility index (Phi) is 3.27. The maximum absolute atomic E-state index is 12.4. The van der Waals surface area contributed by atoms with Crippen LogP contribution < -0.4 is 5.32 Å². The van der Waals surface area contributed by atoms with Gasteiger partial charge in [0.15, 0.2) is 0 Å². The molecule has 0 aliphatic carbocycles. The number of hydrogen-bond donors (Lipinski definition) is 1. The van der Waals surface area contributed by atoms with Gasteiger partial charge in [0.1, 0.15) is 5.82 Å². The molecule has 0 saturated carbocycles. The fourth-order valence-corrected chi connectivity index (χ4v) is 1.59. The summed E-state index contributed by atoms with van der Waals surface area (Å²) in [5.74, 6) is 0.358. The number of halogens is 2. The van der Waals surface area contributed by atoms with E-state index in [0.717, 1.165) is 17.6 Å². The molecule has 1 saturated heterocycles. The third kappa shape index (κ3) is 2.51. The topological polar surface area (TPSA) is 39.1 Å². The van der Waals surface area contributed by atoms with E-state index in [1.54, 1.807) is 0 Å². The van der Waals surface area contributed by atoms with Crippen molar-refractivity contribution < 1.29 is 13.5 Å². The quantitative estimate of drug-likeness (QED) is 0.822. The second-order valence-corrected chi connectivity index (χ2v) is 3.47. The predicted molar refractivity (Wildman–Crippen MR) is 49.5 cm³/mol. The SMILES string of the molecule is FC(F)n1ccnc1CNC1CCOC1. The van der Waals surface area contributed by atoms with Gasteiger partial charge in [-0.3, -0.25) is 4.57 Å². The Morgan fingerprint density at radius 1 is 1.67 bits per heavy atom. The molecule has 2 rings (SSSR count). The van der Waals surface area contributed by atoms with Crippen LogP contribution >= 0.6 is 0 Å². The molecular formula is C9H13F2N3O. The molecule has 4 nitrogen and oxygen atoms in total. The molecule has 6 heteroatoms. The van der Waals surface area contributed by atoms with Gasteiger partial charge >= 0.3 is 6.55 Å². The van der Waals surface area contributed by atoms with Gasteiger partial charge in [-0.1, -0.05) is 0 Å². The first-order valence-electron chi connectivity index (χ1n) is 4.88. The third-order valence-electron chi connectivity index (χ3n) is 2.44. The van der Waals surface area contributed by atoms with Crippen molar-refractivity contribution in [2.24, 2.45) is 0 Å². The van der Waals surface area contributed by atoms with Gasteiger partial charge in [-0.2, -0.15) is 8.78 Å². The first kappa shape index (κ1) is 10.5. The lowest BCUT2D eigenvalue weighted by molar-refractivity contribution is 0.0664. The zero-order chi connectivity index (χ0) is 10.7. The Bertz CT molecular complexity index is 310. The Morgan fingerprint density at radius 3 is 3.20 bits per heavy atom. The number of aromatic nitrogens is 2. The lowest BCUT2D eigenvalue weighted by Crippen LogP contribution is -2.29. The molecule has 2 heterocycles. The van der Waals surface area contributed by atoms with E-state index >= 15 is 0 Å². The molecule has 1 aliphatic rings. The zero-order valence-electron chi connectivity index (χ0n) is 8.20. The molecule has 1 aromatic heterocycles. The Hall–Kier alpha value is -1.01. The average Bonchev–Trinajstić information content (AvgIpc) is 2.86. The molecule has 0 radical (unpaired) electrons. The molecule has 1 N–H and O–H groups in total. The van der Waals surface area contributed by atoms with Gasteiger partial charge in [0.05, 0.1) is 13.2 Å². The first-order chi connectivity index (χ1) is 7.27. The normalized spacial score (nSPS) is 21.4. The lowest BCUT2D eigenvalue weighted by Gasteiger charge is -2.11. The summed E-state index contributed by atoms with van der Waals surface area (Å²) in [6, 6.07) is 0.257. The summed E-state index contributed by atoms with van der Waals surface area (Å²) in [6.07, 6.45) is 3.59. The van der Waals surface area contributed by atoms with Gasteiger partial charge in [-0.05, 0) is 6.42 Å². The van der Waals surface area contributed by atoms with E-state index in [9.17, 15) is 8.78 Å². The highest BCUT2D eigenvalue weighted by Gasteiger charge is 2.17. The van der Waals surface area contributed by atoms with Crippen LogP contribution in [0.4, 0.5) is 8.78 Å². The van der Waals surface area contributed by atoms with Crippen LogP contribution in [0, 0.1) is 0 Å². The fraction of sp³-hybridized carbons (Fsp3) is 0.667. The molecule has 0 aromatic carbocycles. The second kappa shape index (κ2) is 4.67. The molecule has 15 heavy (non-hydrogen) atoms. The van der Waals surface area contributed by atoms with Crippen LogP contribution in [0.25, 0.3) is 0 Å². The standard InChI is InChI=1S/C9H13F2N3O/c10-9(11)14-3-2-12-8(14)5-13-7-1-4-15-6-7/h2-3,7,9,13H,1,4-6H2. The van der Waals surface area contributed by atoms with Crippen molar-refractivity contribution in [3.63, 3.8) is 0 Å². The minimum atomic E-state index is -2.52. The van der Waals surface area contributed by atoms with E-state index < -0.39 is 6.55 Å². The zero-order valence-corrected chi connectivity index (χ0v) is 8.20. The molecule has 84 valence electrons. The van der Waals surface area contributed by atoms with Gasteiger partial charge in [-0.15, -0.1) is 0 Å². The number of nitrogens with one attached hydrogen (secondary N) is 1. The van der Waals surface area contributed by atoms with E-state index in [-0.39, 0.29) is 6.04 Å². The van der Waals surface area contributed by atoms with Gasteiger partial charge in [-0.25, -0.2) is 4.98 Å². The van der Waals surface area contributed by atoms with Crippen LogP contribution in [-0.4, -0.2) is 28.8 Å². The summed E-state index contributed by atoms with van der Waals surface area (Å²) >= 11 is 0. The van der Waals surface area contributed by atoms with E-state index in [1.807, 2.05) is 0 Å². The van der Waals surface area contributed by atoms with Crippen LogP contribution in [0.1, 0.15) is 18.8 Å². The minimum absolute atomic E-state index is 0.257. The summed E-state index contributed by atoms with van der Waals surface area (Å²) in [4.78, 5) is 3.88. The molecule has 1 aromatic rings. The molecule has 1 fully saturated rings. The molecule has 0 bridgehead atoms. The Labute approximate surface area is 86.2 Å². The van der Waals surface area contributed by atoms with Crippen LogP contribution in [0.3, 0.4) is 0 Å². The van der Waals surface area contributed by atoms with Crippen molar-refractivity contribution in [1.82, 2.24) is 14.9 Å². The lowest BCUT2D eigenvalue weighted by atomic mass is 10.2. The van der Waals surface area contributed by atoms with Crippen molar-refractivity contribution in [3.8, 4) is 0 Å². The Balaban J connectivity index is 1.89. The maximum Gasteiger partial charge on any atom is 0.319 e. The number of ether oxygens (including phenoxy) is 1. The van der Waals surface area contributed by atoms with Crippen LogP contribution in [0.2, 0.25) is 0 Å². The molecule has 0 spiro atoms. The van der Waals surface area contributed by atoms with Crippen LogP contribution in [-0.2, 0) is 11.3 Å². The number of nitrogens with zero attached hydrogens (tertiary/aromatic N) is 2. The van der Waals surface area contributed by atoms with Crippen molar-refractivity contribution in [2.45, 2.75) is 25.6 Å². The summed E-state index contributed by atoms with van der Waals surface area (Å²) in [5.41, 5.74) is 0. The van der Waals surface area contributed by atoms with E-state index in [0.29, 0.717) is 19.0 Å². The van der Waals surface area contributed by atoms with Crippen LogP contribution in [0.5, 0.6) is 0 Å². The molecule has 1 atom stereocenters. The highest BCUT2D eigenvalue weighted by atomic mass is 19.3. The smallest absolute Gasteiger partial charge is 0.319 e. The predicted octanol–water partition coefficient (Wildman–Crippen LogP) is 1.16. The third-order valence-corrected chi connectivity index (χ3v) is 2.44. The highest BCUT2D eigenvalue weighted by molar-refractivity contribution is 4.93. The first-order valence-corrected chi connectivity index (χ1v) is 4.88. The average molecular weight is 217 g/mol. The summed E-state index contributed by atoms with van der Waals surface area (Å²) in [5, 5.41) is 3.14. The molecule has 1 aliphatic heterocycles. The van der Waals surface area contributed by atoms with Crippen molar-refractivity contribution in [2.75, 3.05) is 13.2 Å². The highest BCUT2D eigenvalue weighted by Crippen LogP contribution is 2.12. The summed E-state index contributed by atoms with van der Waals surface area (Å²) in [7, 11) is 0. The number of rotatable bonds is 4. The largest absolute Gasteiger partial charge is 0.380 e. The number of hydrogen-bond acceptors (Lipinski definition) is 3. The Morgan fingerprint density at radius 2 is 2.53 bits per heavy atom. The molecule has 1 unspecified atom stereocenters. The molecule has 0 amide bonds. The van der Waals surface area contributed by atoms with Gasteiger partial charge in [0.25, 0.3) is 0 Å². The van der Waals surface area contributed by atoms with E-state index in [1.165, 1.54) is 12.4 Å². The number of imidazole rings is 1. The monoisotopic (exact) mass is 217 g/mol. The van der Waals surface area contributed by atoms with Gasteiger partial charge < -0.3 is 10.1 Å². The maximum atomic E-state index is 12.4. The molecular weight excluding hydrogens is 204 g/mol. The van der Waals surface area contributed by atoms with Crippen molar-refractivity contribution in [1.29, 1.82) is 0 Å². The second-order valence-electron chi connectivity index (χ2n) is 3.47. The summed E-state index contributed by atoms with van der Waals surface area (Å²) < 4.78 is 30.9.